The van der Waals surface area contributed by atoms with Gasteiger partial charge in [-0.25, -0.2) is 4.79 Å². The van der Waals surface area contributed by atoms with E-state index in [0.717, 1.165) is 41.0 Å². The van der Waals surface area contributed by atoms with Crippen molar-refractivity contribution in [2.75, 3.05) is 6.61 Å². The van der Waals surface area contributed by atoms with E-state index in [1.165, 1.54) is 23.5 Å². The van der Waals surface area contributed by atoms with Crippen molar-refractivity contribution in [2.45, 2.75) is 32.7 Å². The number of aromatic nitrogens is 2. The first-order valence-electron chi connectivity index (χ1n) is 11.1. The minimum atomic E-state index is -4.76. The van der Waals surface area contributed by atoms with Crippen LogP contribution >= 0.6 is 11.3 Å². The van der Waals surface area contributed by atoms with Crippen LogP contribution in [0, 0.1) is 12.3 Å². The van der Waals surface area contributed by atoms with E-state index in [1.807, 2.05) is 6.92 Å². The van der Waals surface area contributed by atoms with Gasteiger partial charge in [-0.3, -0.25) is 14.3 Å². The molecule has 2 N–H and O–H groups in total. The highest BCUT2D eigenvalue weighted by Crippen LogP contribution is 2.47. The van der Waals surface area contributed by atoms with Crippen LogP contribution in [0.15, 0.2) is 58.1 Å². The smallest absolute Gasteiger partial charge is 0.457 e. The zero-order chi connectivity index (χ0) is 25.7. The van der Waals surface area contributed by atoms with Crippen molar-refractivity contribution >= 4 is 21.6 Å². The van der Waals surface area contributed by atoms with Crippen molar-refractivity contribution < 1.29 is 27.8 Å². The third kappa shape index (κ3) is 4.76. The average Bonchev–Trinajstić information content (AvgIpc) is 3.52. The van der Waals surface area contributed by atoms with Gasteiger partial charge in [-0.05, 0) is 79.4 Å². The number of nitrogens with zero attached hydrogens (tertiary/aromatic N) is 1. The molecule has 11 heteroatoms. The minimum absolute atomic E-state index is 0.0170. The van der Waals surface area contributed by atoms with Gasteiger partial charge in [-0.1, -0.05) is 0 Å². The first-order valence-corrected chi connectivity index (χ1v) is 11.9. The number of hydrogen-bond acceptors (Lipinski definition) is 6. The summed E-state index contributed by atoms with van der Waals surface area (Å²) < 4.78 is 48.1. The van der Waals surface area contributed by atoms with Gasteiger partial charge in [-0.15, -0.1) is 24.5 Å². The summed E-state index contributed by atoms with van der Waals surface area (Å²) in [6.45, 7) is 2.15. The van der Waals surface area contributed by atoms with Gasteiger partial charge in [-0.2, -0.15) is 0 Å². The number of benzene rings is 2. The molecule has 0 aliphatic heterocycles. The van der Waals surface area contributed by atoms with Gasteiger partial charge in [0.1, 0.15) is 22.1 Å². The minimum Gasteiger partial charge on any atom is -0.457 e. The maximum atomic E-state index is 12.6. The molecule has 36 heavy (non-hydrogen) atoms. The fourth-order valence-corrected chi connectivity index (χ4v) is 5.40. The Kier molecular flexibility index (Phi) is 5.92. The van der Waals surface area contributed by atoms with Crippen LogP contribution in [0.2, 0.25) is 0 Å². The molecule has 0 saturated heterocycles. The highest BCUT2D eigenvalue weighted by Gasteiger charge is 2.43. The Morgan fingerprint density at radius 2 is 1.61 bits per heavy atom. The molecule has 2 heterocycles. The molecule has 5 rings (SSSR count). The molecule has 0 amide bonds. The summed E-state index contributed by atoms with van der Waals surface area (Å²) in [5.41, 5.74) is 0.307. The molecule has 7 nitrogen and oxygen atoms in total. The standard InChI is InChI=1S/C25H21F3N2O5S/c1-14-19-21(32)29-23(33)30(12-24(13-31)10-11-24)22(19)36-20(14)15-2-4-16(5-3-15)34-17-6-8-18(9-7-17)35-25(26,27)28/h2-9,31H,10-13H2,1H3,(H,29,32,33). The lowest BCUT2D eigenvalue weighted by Gasteiger charge is -2.14. The number of thiophene rings is 1. The first kappa shape index (κ1) is 24.1. The second kappa shape index (κ2) is 8.82. The molecular formula is C25H21F3N2O5S. The van der Waals surface area contributed by atoms with E-state index in [2.05, 4.69) is 9.72 Å². The topological polar surface area (TPSA) is 93.5 Å². The molecule has 4 aromatic rings. The maximum absolute atomic E-state index is 12.6. The predicted octanol–water partition coefficient (Wildman–Crippen LogP) is 5.19. The molecule has 1 aliphatic rings. The molecular weight excluding hydrogens is 497 g/mol. The van der Waals surface area contributed by atoms with Crippen molar-refractivity contribution in [3.63, 3.8) is 0 Å². The van der Waals surface area contributed by atoms with Gasteiger partial charge in [0, 0.05) is 16.8 Å². The van der Waals surface area contributed by atoms with Crippen LogP contribution in [-0.2, 0) is 6.54 Å². The molecule has 0 bridgehead atoms. The summed E-state index contributed by atoms with van der Waals surface area (Å²) in [6.07, 6.45) is -3.11. The first-order chi connectivity index (χ1) is 17.1. The third-order valence-corrected chi connectivity index (χ3v) is 7.63. The van der Waals surface area contributed by atoms with E-state index in [9.17, 15) is 27.9 Å². The monoisotopic (exact) mass is 518 g/mol. The number of alkyl halides is 3. The van der Waals surface area contributed by atoms with Crippen molar-refractivity contribution in [3.05, 3.63) is 74.9 Å². The number of aliphatic hydroxyl groups excluding tert-OH is 1. The third-order valence-electron chi connectivity index (χ3n) is 6.26. The van der Waals surface area contributed by atoms with Gasteiger partial charge in [0.25, 0.3) is 5.56 Å². The van der Waals surface area contributed by atoms with Crippen LogP contribution < -0.4 is 20.7 Å². The van der Waals surface area contributed by atoms with E-state index in [0.29, 0.717) is 28.3 Å². The second-order valence-corrected chi connectivity index (χ2v) is 9.88. The molecule has 0 unspecified atom stereocenters. The Bertz CT molecular complexity index is 1530. The molecule has 2 aromatic heterocycles. The zero-order valence-electron chi connectivity index (χ0n) is 19.0. The van der Waals surface area contributed by atoms with Crippen LogP contribution in [-0.4, -0.2) is 27.6 Å². The number of hydrogen-bond donors (Lipinski definition) is 2. The van der Waals surface area contributed by atoms with Crippen LogP contribution in [0.25, 0.3) is 20.7 Å². The fourth-order valence-electron chi connectivity index (χ4n) is 4.09. The highest BCUT2D eigenvalue weighted by molar-refractivity contribution is 7.22. The van der Waals surface area contributed by atoms with E-state index in [4.69, 9.17) is 4.74 Å². The Labute approximate surface area is 206 Å². The van der Waals surface area contributed by atoms with Crippen LogP contribution in [0.3, 0.4) is 0 Å². The van der Waals surface area contributed by atoms with Gasteiger partial charge in [0.15, 0.2) is 0 Å². The van der Waals surface area contributed by atoms with Gasteiger partial charge >= 0.3 is 12.1 Å². The number of halogens is 3. The Balaban J connectivity index is 1.42. The van der Waals surface area contributed by atoms with Crippen LogP contribution in [0.1, 0.15) is 18.4 Å². The number of nitrogens with one attached hydrogen (secondary N) is 1. The number of aromatic amines is 1. The molecule has 1 fully saturated rings. The zero-order valence-corrected chi connectivity index (χ0v) is 19.8. The summed E-state index contributed by atoms with van der Waals surface area (Å²) in [6, 6.07) is 12.1. The van der Waals surface area contributed by atoms with E-state index in [1.54, 1.807) is 28.8 Å². The van der Waals surface area contributed by atoms with Crippen molar-refractivity contribution in [3.8, 4) is 27.7 Å². The molecule has 0 atom stereocenters. The quantitative estimate of drug-likeness (QED) is 0.351. The molecule has 0 radical (unpaired) electrons. The molecule has 188 valence electrons. The Hall–Kier alpha value is -3.57. The second-order valence-electron chi connectivity index (χ2n) is 8.89. The predicted molar refractivity (Wildman–Crippen MR) is 129 cm³/mol. The normalized spacial score (nSPS) is 14.7. The lowest BCUT2D eigenvalue weighted by molar-refractivity contribution is -0.274. The van der Waals surface area contributed by atoms with Crippen molar-refractivity contribution in [1.82, 2.24) is 9.55 Å². The van der Waals surface area contributed by atoms with Crippen LogP contribution in [0.5, 0.6) is 17.2 Å². The lowest BCUT2D eigenvalue weighted by Crippen LogP contribution is -2.33. The Morgan fingerprint density at radius 1 is 1.03 bits per heavy atom. The molecule has 0 spiro atoms. The van der Waals surface area contributed by atoms with Gasteiger partial charge < -0.3 is 14.6 Å². The highest BCUT2D eigenvalue weighted by atomic mass is 32.1. The fraction of sp³-hybridized carbons (Fsp3) is 0.280. The molecule has 2 aromatic carbocycles. The van der Waals surface area contributed by atoms with Crippen LogP contribution in [0.4, 0.5) is 13.2 Å². The summed E-state index contributed by atoms with van der Waals surface area (Å²) in [4.78, 5) is 29.0. The summed E-state index contributed by atoms with van der Waals surface area (Å²) >= 11 is 1.34. The summed E-state index contributed by atoms with van der Waals surface area (Å²) in [5.74, 6) is 0.463. The SMILES string of the molecule is Cc1c(-c2ccc(Oc3ccc(OC(F)(F)F)cc3)cc2)sc2c1c(=O)[nH]c(=O)n2CC1(CO)CC1. The number of aryl methyl sites for hydroxylation is 1. The van der Waals surface area contributed by atoms with Crippen molar-refractivity contribution in [2.24, 2.45) is 5.41 Å². The van der Waals surface area contributed by atoms with Crippen molar-refractivity contribution in [1.29, 1.82) is 0 Å². The maximum Gasteiger partial charge on any atom is 0.573 e. The largest absolute Gasteiger partial charge is 0.573 e. The number of rotatable bonds is 7. The van der Waals surface area contributed by atoms with E-state index in [-0.39, 0.29) is 17.8 Å². The van der Waals surface area contributed by atoms with E-state index < -0.39 is 17.6 Å². The summed E-state index contributed by atoms with van der Waals surface area (Å²) in [5, 5.41) is 10.2. The number of ether oxygens (including phenoxy) is 2. The molecule has 1 aliphatic carbocycles. The average molecular weight is 519 g/mol. The number of fused-ring (bicyclic) bond motifs is 1. The Morgan fingerprint density at radius 3 is 2.17 bits per heavy atom. The molecule has 1 saturated carbocycles. The summed E-state index contributed by atoms with van der Waals surface area (Å²) in [7, 11) is 0. The van der Waals surface area contributed by atoms with Gasteiger partial charge in [0.2, 0.25) is 0 Å². The number of H-pyrrole nitrogens is 1. The van der Waals surface area contributed by atoms with Gasteiger partial charge in [0.05, 0.1) is 12.0 Å². The lowest BCUT2D eigenvalue weighted by atomic mass is 10.1. The van der Waals surface area contributed by atoms with E-state index >= 15 is 0 Å². The number of aliphatic hydroxyl groups is 1.